The number of halogens is 1. The molecule has 6 heteroatoms. The Kier molecular flexibility index (Phi) is 2.79. The first-order valence-corrected chi connectivity index (χ1v) is 3.60. The molecule has 0 rings (SSSR count). The lowest BCUT2D eigenvalue weighted by Crippen LogP contribution is -2.05. The van der Waals surface area contributed by atoms with Gasteiger partial charge in [0.05, 0.1) is 0 Å². The van der Waals surface area contributed by atoms with Crippen molar-refractivity contribution >= 4 is 31.9 Å². The molecular formula is C3H3FO3S2. The molecular weight excluding hydrogens is 167 g/mol. The van der Waals surface area contributed by atoms with Crippen LogP contribution in [0.5, 0.6) is 0 Å². The summed E-state index contributed by atoms with van der Waals surface area (Å²) in [6.07, 6.45) is 0. The first-order chi connectivity index (χ1) is 4.56. The minimum atomic E-state index is -3.78. The second kappa shape index (κ2) is 3.68. The summed E-state index contributed by atoms with van der Waals surface area (Å²) in [5.41, 5.74) is -1.57. The summed E-state index contributed by atoms with van der Waals surface area (Å²) in [4.78, 5) is 10.1. The highest BCUT2D eigenvalue weighted by molar-refractivity contribution is 8.13. The maximum Gasteiger partial charge on any atom is 0.232 e. The third kappa shape index (κ3) is 2.67. The lowest BCUT2D eigenvalue weighted by molar-refractivity contribution is 0.214. The fraction of sp³-hybridized carbons (Fsp3) is 0.333. The molecule has 0 aromatic heterocycles. The van der Waals surface area contributed by atoms with E-state index < -0.39 is 22.3 Å². The van der Waals surface area contributed by atoms with Gasteiger partial charge in [0.25, 0.3) is 0 Å². The zero-order chi connectivity index (χ0) is 8.20. The number of hydrogen-bond donors (Lipinski definition) is 0. The van der Waals surface area contributed by atoms with Crippen molar-refractivity contribution in [1.29, 1.82) is 0 Å². The van der Waals surface area contributed by atoms with Gasteiger partial charge in [-0.25, -0.2) is 8.60 Å². The largest absolute Gasteiger partial charge is 0.286 e. The molecule has 0 aliphatic heterocycles. The number of hydrogen-bond acceptors (Lipinski definition) is 4. The van der Waals surface area contributed by atoms with Gasteiger partial charge in [-0.15, -0.1) is 0 Å². The molecule has 0 radical (unpaired) electrons. The summed E-state index contributed by atoms with van der Waals surface area (Å²) in [5.74, 6) is 0. The Labute approximate surface area is 58.4 Å². The third-order valence-corrected chi connectivity index (χ3v) is 1.95. The lowest BCUT2D eigenvalue weighted by Gasteiger charge is -1.92. The average Bonchev–Trinajstić information content (AvgIpc) is 1.88. The van der Waals surface area contributed by atoms with Gasteiger partial charge in [0.1, 0.15) is 1.37 Å². The standard InChI is InChI=1S/C3H3FO3S2/c4-1-7-9(6,2-5)3-8/h2H,1H2/i2D. The Bertz CT molecular complexity index is 263. The topological polar surface area (TPSA) is 43.4 Å². The van der Waals surface area contributed by atoms with Crippen LogP contribution in [0.4, 0.5) is 4.39 Å². The number of alkyl halides is 1. The average molecular weight is 171 g/mol. The molecule has 0 bridgehead atoms. The monoisotopic (exact) mass is 171 g/mol. The SMILES string of the molecule is [2H]C(=O)S(=O)(=C=S)OCF. The van der Waals surface area contributed by atoms with E-state index in [1.807, 2.05) is 0 Å². The van der Waals surface area contributed by atoms with Crippen molar-refractivity contribution < 1.29 is 18.9 Å². The van der Waals surface area contributed by atoms with Gasteiger partial charge in [-0.3, -0.25) is 8.98 Å². The van der Waals surface area contributed by atoms with E-state index in [9.17, 15) is 13.4 Å². The smallest absolute Gasteiger partial charge is 0.232 e. The van der Waals surface area contributed by atoms with Crippen LogP contribution in [0.3, 0.4) is 0 Å². The molecule has 1 atom stereocenters. The predicted molar refractivity (Wildman–Crippen MR) is 34.6 cm³/mol. The van der Waals surface area contributed by atoms with Crippen LogP contribution in [0.2, 0.25) is 0 Å². The molecule has 0 aromatic rings. The fourth-order valence-corrected chi connectivity index (χ4v) is 0.630. The minimum Gasteiger partial charge on any atom is -0.286 e. The van der Waals surface area contributed by atoms with Crippen molar-refractivity contribution in [2.24, 2.45) is 0 Å². The van der Waals surface area contributed by atoms with Crippen molar-refractivity contribution in [1.82, 2.24) is 0 Å². The van der Waals surface area contributed by atoms with Crippen LogP contribution >= 0.6 is 12.2 Å². The van der Waals surface area contributed by atoms with E-state index in [2.05, 4.69) is 16.4 Å². The summed E-state index contributed by atoms with van der Waals surface area (Å²) in [5, 5.41) is 0. The van der Waals surface area contributed by atoms with Crippen LogP contribution < -0.4 is 0 Å². The van der Waals surface area contributed by atoms with Crippen molar-refractivity contribution in [3.05, 3.63) is 0 Å². The normalized spacial score (nSPS) is 17.2. The van der Waals surface area contributed by atoms with Crippen molar-refractivity contribution in [2.45, 2.75) is 0 Å². The van der Waals surface area contributed by atoms with E-state index in [1.165, 1.54) is 4.31 Å². The van der Waals surface area contributed by atoms with Gasteiger partial charge in [0.15, 0.2) is 9.80 Å². The second-order valence-electron chi connectivity index (χ2n) is 0.897. The van der Waals surface area contributed by atoms with Gasteiger partial charge in [0, 0.05) is 4.31 Å². The molecule has 0 spiro atoms. The molecule has 9 heavy (non-hydrogen) atoms. The molecule has 0 fully saturated rings. The molecule has 52 valence electrons. The minimum absolute atomic E-state index is 1.42. The van der Waals surface area contributed by atoms with Crippen LogP contribution in [-0.2, 0) is 18.8 Å². The molecule has 0 saturated heterocycles. The van der Waals surface area contributed by atoms with Gasteiger partial charge in [-0.1, -0.05) is 0 Å². The molecule has 0 aliphatic carbocycles. The quantitative estimate of drug-likeness (QED) is 0.438. The molecule has 0 amide bonds. The molecule has 1 unspecified atom stereocenters. The Hall–Kier alpha value is -0.290. The van der Waals surface area contributed by atoms with Crippen LogP contribution in [0, 0.1) is 0 Å². The summed E-state index contributed by atoms with van der Waals surface area (Å²) in [6, 6.07) is 0. The van der Waals surface area contributed by atoms with Gasteiger partial charge in [-0.2, -0.15) is 0 Å². The predicted octanol–water partition coefficient (Wildman–Crippen LogP) is 0.154. The Balaban J connectivity index is 4.79. The van der Waals surface area contributed by atoms with E-state index in [-0.39, 0.29) is 0 Å². The first kappa shape index (κ1) is 6.82. The zero-order valence-electron chi connectivity index (χ0n) is 5.13. The van der Waals surface area contributed by atoms with Crippen molar-refractivity contribution in [3.8, 4) is 0 Å². The van der Waals surface area contributed by atoms with Crippen LogP contribution in [0.15, 0.2) is 0 Å². The maximum atomic E-state index is 11.3. The highest BCUT2D eigenvalue weighted by Gasteiger charge is 2.01. The van der Waals surface area contributed by atoms with Crippen LogP contribution in [0.1, 0.15) is 1.37 Å². The zero-order valence-corrected chi connectivity index (χ0v) is 5.76. The van der Waals surface area contributed by atoms with E-state index >= 15 is 0 Å². The van der Waals surface area contributed by atoms with Gasteiger partial charge in [0.2, 0.25) is 12.5 Å². The summed E-state index contributed by atoms with van der Waals surface area (Å²) in [6.45, 7) is -1.42. The van der Waals surface area contributed by atoms with E-state index in [4.69, 9.17) is 1.37 Å². The Morgan fingerprint density at radius 3 is 2.78 bits per heavy atom. The summed E-state index contributed by atoms with van der Waals surface area (Å²) < 4.78 is 33.5. The van der Waals surface area contributed by atoms with E-state index in [0.717, 1.165) is 0 Å². The third-order valence-electron chi connectivity index (χ3n) is 0.430. The van der Waals surface area contributed by atoms with Gasteiger partial charge >= 0.3 is 0 Å². The highest BCUT2D eigenvalue weighted by Crippen LogP contribution is 1.87. The molecule has 0 N–H and O–H groups in total. The molecule has 0 saturated carbocycles. The molecule has 0 aromatic carbocycles. The fourth-order valence-electron chi connectivity index (χ4n) is 0.128. The van der Waals surface area contributed by atoms with Crippen molar-refractivity contribution in [2.75, 3.05) is 6.86 Å². The lowest BCUT2D eigenvalue weighted by atomic mass is 11.6. The number of carbonyl (C=O) groups is 1. The maximum absolute atomic E-state index is 11.3. The van der Waals surface area contributed by atoms with E-state index in [1.54, 1.807) is 0 Å². The first-order valence-electron chi connectivity index (χ1n) is 2.21. The second-order valence-corrected chi connectivity index (χ2v) is 2.97. The number of rotatable bonds is 2. The summed E-state index contributed by atoms with van der Waals surface area (Å²) >= 11 is 3.97. The summed E-state index contributed by atoms with van der Waals surface area (Å²) in [7, 11) is -3.78. The van der Waals surface area contributed by atoms with Crippen molar-refractivity contribution in [3.63, 3.8) is 0 Å². The molecule has 3 nitrogen and oxygen atoms in total. The number of thiocarbonyl (C=S) groups is 1. The van der Waals surface area contributed by atoms with Gasteiger partial charge in [-0.05, 0) is 12.2 Å². The molecule has 0 heterocycles. The number of carbonyl (C=O) groups excluding carboxylic acids is 1. The Morgan fingerprint density at radius 1 is 2.11 bits per heavy atom. The Morgan fingerprint density at radius 2 is 2.67 bits per heavy atom. The van der Waals surface area contributed by atoms with Gasteiger partial charge < -0.3 is 0 Å². The van der Waals surface area contributed by atoms with Crippen LogP contribution in [-0.4, -0.2) is 21.0 Å². The molecule has 0 aliphatic rings. The van der Waals surface area contributed by atoms with Crippen LogP contribution in [0.25, 0.3) is 0 Å². The highest BCUT2D eigenvalue weighted by atomic mass is 32.2. The van der Waals surface area contributed by atoms with E-state index in [0.29, 0.717) is 0 Å².